The molecule has 0 saturated heterocycles. The largest absolute Gasteiger partial charge is 0.477 e. The van der Waals surface area contributed by atoms with Crippen LogP contribution in [0.25, 0.3) is 22.4 Å². The van der Waals surface area contributed by atoms with Gasteiger partial charge in [-0.3, -0.25) is 9.97 Å². The Morgan fingerprint density at radius 3 is 1.95 bits per heavy atom. The summed E-state index contributed by atoms with van der Waals surface area (Å²) in [5, 5.41) is 9.13. The van der Waals surface area contributed by atoms with Crippen molar-refractivity contribution in [1.29, 1.82) is 0 Å². The zero-order valence-electron chi connectivity index (χ0n) is 11.0. The first-order chi connectivity index (χ1) is 10.3. The molecule has 0 saturated carbocycles. The third kappa shape index (κ3) is 2.62. The first kappa shape index (κ1) is 12.9. The van der Waals surface area contributed by atoms with E-state index in [4.69, 9.17) is 5.11 Å². The molecular formula is C16H11N3O2. The van der Waals surface area contributed by atoms with Crippen molar-refractivity contribution in [2.75, 3.05) is 0 Å². The number of aromatic nitrogens is 3. The summed E-state index contributed by atoms with van der Waals surface area (Å²) >= 11 is 0. The van der Waals surface area contributed by atoms with E-state index in [1.807, 2.05) is 12.1 Å². The number of carboxylic acid groups (broad SMARTS) is 1. The van der Waals surface area contributed by atoms with E-state index in [9.17, 15) is 4.79 Å². The van der Waals surface area contributed by atoms with Crippen LogP contribution in [0.4, 0.5) is 0 Å². The number of carboxylic acids is 1. The highest BCUT2D eigenvalue weighted by Gasteiger charge is 2.13. The fraction of sp³-hybridized carbons (Fsp3) is 0. The molecule has 0 radical (unpaired) electrons. The quantitative estimate of drug-likeness (QED) is 0.796. The highest BCUT2D eigenvalue weighted by atomic mass is 16.4. The average Bonchev–Trinajstić information content (AvgIpc) is 2.56. The smallest absolute Gasteiger partial charge is 0.354 e. The Morgan fingerprint density at radius 2 is 1.38 bits per heavy atom. The fourth-order valence-corrected chi connectivity index (χ4v) is 2.07. The number of hydrogen-bond acceptors (Lipinski definition) is 4. The van der Waals surface area contributed by atoms with Crippen molar-refractivity contribution in [1.82, 2.24) is 15.0 Å². The third-order valence-corrected chi connectivity index (χ3v) is 3.06. The van der Waals surface area contributed by atoms with Crippen molar-refractivity contribution in [2.24, 2.45) is 0 Å². The van der Waals surface area contributed by atoms with Crippen LogP contribution < -0.4 is 0 Å². The molecule has 0 aliphatic rings. The fourth-order valence-electron chi connectivity index (χ4n) is 2.07. The molecule has 3 heterocycles. The van der Waals surface area contributed by atoms with Crippen LogP contribution >= 0.6 is 0 Å². The van der Waals surface area contributed by atoms with Crippen LogP contribution in [-0.2, 0) is 0 Å². The van der Waals surface area contributed by atoms with E-state index < -0.39 is 5.97 Å². The predicted molar refractivity (Wildman–Crippen MR) is 77.7 cm³/mol. The number of aromatic carboxylic acids is 1. The van der Waals surface area contributed by atoms with Gasteiger partial charge in [-0.25, -0.2) is 9.78 Å². The zero-order valence-corrected chi connectivity index (χ0v) is 11.0. The van der Waals surface area contributed by atoms with Crippen molar-refractivity contribution < 1.29 is 9.90 Å². The van der Waals surface area contributed by atoms with E-state index in [0.717, 1.165) is 16.7 Å². The Balaban J connectivity index is 2.23. The molecule has 0 aliphatic heterocycles. The second-order valence-electron chi connectivity index (χ2n) is 4.37. The van der Waals surface area contributed by atoms with Gasteiger partial charge in [-0.15, -0.1) is 0 Å². The third-order valence-electron chi connectivity index (χ3n) is 3.06. The highest BCUT2D eigenvalue weighted by Crippen LogP contribution is 2.30. The predicted octanol–water partition coefficient (Wildman–Crippen LogP) is 2.90. The first-order valence-electron chi connectivity index (χ1n) is 6.31. The van der Waals surface area contributed by atoms with Crippen molar-refractivity contribution in [3.63, 3.8) is 0 Å². The molecule has 3 aromatic rings. The maximum Gasteiger partial charge on any atom is 0.354 e. The van der Waals surface area contributed by atoms with E-state index >= 15 is 0 Å². The van der Waals surface area contributed by atoms with Gasteiger partial charge in [-0.05, 0) is 42.0 Å². The van der Waals surface area contributed by atoms with E-state index in [1.54, 1.807) is 43.0 Å². The monoisotopic (exact) mass is 277 g/mol. The van der Waals surface area contributed by atoms with Crippen LogP contribution in [0.2, 0.25) is 0 Å². The summed E-state index contributed by atoms with van der Waals surface area (Å²) in [7, 11) is 0. The lowest BCUT2D eigenvalue weighted by Crippen LogP contribution is -2.02. The Bertz CT molecular complexity index is 774. The molecule has 0 amide bonds. The molecule has 0 aliphatic carbocycles. The van der Waals surface area contributed by atoms with Gasteiger partial charge in [-0.1, -0.05) is 0 Å². The summed E-state index contributed by atoms with van der Waals surface area (Å²) in [6.45, 7) is 0. The molecule has 5 nitrogen and oxygen atoms in total. The molecule has 1 N–H and O–H groups in total. The summed E-state index contributed by atoms with van der Waals surface area (Å²) < 4.78 is 0. The van der Waals surface area contributed by atoms with E-state index in [-0.39, 0.29) is 5.69 Å². The molecular weight excluding hydrogens is 266 g/mol. The Kier molecular flexibility index (Phi) is 3.39. The van der Waals surface area contributed by atoms with E-state index in [1.165, 1.54) is 6.07 Å². The van der Waals surface area contributed by atoms with Crippen LogP contribution in [0.15, 0.2) is 61.2 Å². The van der Waals surface area contributed by atoms with E-state index in [2.05, 4.69) is 15.0 Å². The van der Waals surface area contributed by atoms with Gasteiger partial charge in [0.05, 0.1) is 5.69 Å². The van der Waals surface area contributed by atoms with Crippen LogP contribution in [0.3, 0.4) is 0 Å². The van der Waals surface area contributed by atoms with Gasteiger partial charge in [-0.2, -0.15) is 0 Å². The lowest BCUT2D eigenvalue weighted by Gasteiger charge is -2.10. The summed E-state index contributed by atoms with van der Waals surface area (Å²) in [4.78, 5) is 23.4. The lowest BCUT2D eigenvalue weighted by atomic mass is 10.0. The van der Waals surface area contributed by atoms with Crippen LogP contribution in [0, 0.1) is 0 Å². The molecule has 0 aromatic carbocycles. The van der Waals surface area contributed by atoms with Gasteiger partial charge < -0.3 is 5.11 Å². The molecule has 5 heteroatoms. The topological polar surface area (TPSA) is 76.0 Å². The minimum Gasteiger partial charge on any atom is -0.477 e. The molecule has 0 spiro atoms. The van der Waals surface area contributed by atoms with Gasteiger partial charge in [0, 0.05) is 35.9 Å². The molecule has 3 rings (SSSR count). The molecule has 0 unspecified atom stereocenters. The number of hydrogen-bond donors (Lipinski definition) is 1. The summed E-state index contributed by atoms with van der Waals surface area (Å²) in [6, 6.07) is 10.6. The maximum atomic E-state index is 11.1. The molecule has 0 atom stereocenters. The standard InChI is InChI=1S/C16H11N3O2/c20-16(21)14-2-1-13(11-3-7-17-8-4-11)15(19-14)12-5-9-18-10-6-12/h1-10H,(H,20,21). The Labute approximate surface area is 121 Å². The molecule has 0 fully saturated rings. The maximum absolute atomic E-state index is 11.1. The lowest BCUT2D eigenvalue weighted by molar-refractivity contribution is 0.0690. The van der Waals surface area contributed by atoms with Crippen molar-refractivity contribution in [3.8, 4) is 22.4 Å². The van der Waals surface area contributed by atoms with Crippen LogP contribution in [0.1, 0.15) is 10.5 Å². The van der Waals surface area contributed by atoms with Gasteiger partial charge >= 0.3 is 5.97 Å². The molecule has 0 bridgehead atoms. The van der Waals surface area contributed by atoms with Crippen molar-refractivity contribution in [2.45, 2.75) is 0 Å². The summed E-state index contributed by atoms with van der Waals surface area (Å²) in [6.07, 6.45) is 6.69. The Hall–Kier alpha value is -3.08. The number of carbonyl (C=O) groups is 1. The minimum absolute atomic E-state index is 0.0135. The van der Waals surface area contributed by atoms with Gasteiger partial charge in [0.15, 0.2) is 0 Å². The minimum atomic E-state index is -1.05. The SMILES string of the molecule is O=C(O)c1ccc(-c2ccncc2)c(-c2ccncc2)n1. The molecule has 102 valence electrons. The molecule has 3 aromatic heterocycles. The molecule has 21 heavy (non-hydrogen) atoms. The second-order valence-corrected chi connectivity index (χ2v) is 4.37. The summed E-state index contributed by atoms with van der Waals surface area (Å²) in [5.74, 6) is -1.05. The van der Waals surface area contributed by atoms with Crippen molar-refractivity contribution in [3.05, 3.63) is 66.9 Å². The number of rotatable bonds is 3. The first-order valence-corrected chi connectivity index (χ1v) is 6.31. The van der Waals surface area contributed by atoms with Crippen LogP contribution in [-0.4, -0.2) is 26.0 Å². The number of pyridine rings is 3. The Morgan fingerprint density at radius 1 is 0.810 bits per heavy atom. The van der Waals surface area contributed by atoms with Crippen molar-refractivity contribution >= 4 is 5.97 Å². The van der Waals surface area contributed by atoms with Crippen LogP contribution in [0.5, 0.6) is 0 Å². The van der Waals surface area contributed by atoms with Gasteiger partial charge in [0.25, 0.3) is 0 Å². The van der Waals surface area contributed by atoms with Gasteiger partial charge in [0.2, 0.25) is 0 Å². The number of nitrogens with zero attached hydrogens (tertiary/aromatic N) is 3. The zero-order chi connectivity index (χ0) is 14.7. The summed E-state index contributed by atoms with van der Waals surface area (Å²) in [5.41, 5.74) is 3.23. The van der Waals surface area contributed by atoms with Gasteiger partial charge in [0.1, 0.15) is 5.69 Å². The normalized spacial score (nSPS) is 10.3. The second kappa shape index (κ2) is 5.50. The average molecular weight is 277 g/mol. The van der Waals surface area contributed by atoms with E-state index in [0.29, 0.717) is 5.69 Å². The highest BCUT2D eigenvalue weighted by molar-refractivity contribution is 5.89.